The van der Waals surface area contributed by atoms with E-state index >= 15 is 0 Å². The van der Waals surface area contributed by atoms with Crippen LogP contribution in [0.4, 0.5) is 14.6 Å². The first-order chi connectivity index (χ1) is 6.43. The molecule has 7 heteroatoms. The largest absolute Gasteiger partial charge is 0.358 e. The van der Waals surface area contributed by atoms with Gasteiger partial charge < -0.3 is 10.1 Å². The van der Waals surface area contributed by atoms with E-state index in [1.165, 1.54) is 6.92 Å². The first-order valence-electron chi connectivity index (χ1n) is 3.60. The molecule has 0 atom stereocenters. The van der Waals surface area contributed by atoms with Gasteiger partial charge in [0, 0.05) is 6.07 Å². The van der Waals surface area contributed by atoms with E-state index in [-0.39, 0.29) is 5.56 Å². The van der Waals surface area contributed by atoms with E-state index in [9.17, 15) is 23.7 Å². The summed E-state index contributed by atoms with van der Waals surface area (Å²) in [5, 5.41) is 10.3. The number of aromatic nitrogens is 1. The second-order valence-electron chi connectivity index (χ2n) is 2.62. The quantitative estimate of drug-likeness (QED) is 0.586. The van der Waals surface area contributed by atoms with Crippen molar-refractivity contribution >= 4 is 5.82 Å². The maximum atomic E-state index is 12.1. The average Bonchev–Trinajstić information content (AvgIpc) is 2.08. The van der Waals surface area contributed by atoms with Crippen molar-refractivity contribution in [2.24, 2.45) is 0 Å². The molecule has 0 aliphatic heterocycles. The fraction of sp³-hybridized carbons (Fsp3) is 0.286. The molecule has 76 valence electrons. The van der Waals surface area contributed by atoms with Crippen LogP contribution in [-0.2, 0) is 0 Å². The fourth-order valence-electron chi connectivity index (χ4n) is 0.933. The van der Waals surface area contributed by atoms with Gasteiger partial charge in [-0.3, -0.25) is 4.79 Å². The van der Waals surface area contributed by atoms with Crippen molar-refractivity contribution in [1.82, 2.24) is 4.98 Å². The molecule has 0 saturated carbocycles. The van der Waals surface area contributed by atoms with Crippen LogP contribution in [0.15, 0.2) is 10.9 Å². The number of rotatable bonds is 2. The summed E-state index contributed by atoms with van der Waals surface area (Å²) in [7, 11) is 0. The zero-order valence-corrected chi connectivity index (χ0v) is 7.08. The number of alkyl halides is 2. The van der Waals surface area contributed by atoms with Crippen LogP contribution in [0.2, 0.25) is 0 Å². The van der Waals surface area contributed by atoms with Gasteiger partial charge in [0.1, 0.15) is 0 Å². The number of nitrogens with one attached hydrogen (secondary N) is 1. The molecule has 0 aliphatic carbocycles. The molecular weight excluding hydrogens is 198 g/mol. The van der Waals surface area contributed by atoms with Gasteiger partial charge in [0.25, 0.3) is 6.43 Å². The lowest BCUT2D eigenvalue weighted by Crippen LogP contribution is -2.12. The van der Waals surface area contributed by atoms with Crippen molar-refractivity contribution in [2.75, 3.05) is 0 Å². The number of pyridine rings is 1. The summed E-state index contributed by atoms with van der Waals surface area (Å²) in [6, 6.07) is 0.660. The number of halogens is 2. The van der Waals surface area contributed by atoms with Crippen molar-refractivity contribution in [3.63, 3.8) is 0 Å². The number of hydrogen-bond donors (Lipinski definition) is 1. The minimum atomic E-state index is -2.93. The normalized spacial score (nSPS) is 10.6. The first-order valence-corrected chi connectivity index (χ1v) is 3.60. The van der Waals surface area contributed by atoms with Crippen LogP contribution in [0.25, 0.3) is 0 Å². The molecule has 0 fully saturated rings. The number of H-pyrrole nitrogens is 1. The van der Waals surface area contributed by atoms with E-state index in [1.807, 2.05) is 4.98 Å². The van der Waals surface area contributed by atoms with Crippen molar-refractivity contribution in [2.45, 2.75) is 13.3 Å². The Balaban J connectivity index is 3.43. The Bertz CT molecular complexity index is 427. The lowest BCUT2D eigenvalue weighted by molar-refractivity contribution is -0.390. The standard InChI is InChI=1S/C7H6F2N2O3/c1-3-5(12)2-4(6(8)9)10-7(3)11(13)14/h2,6H,1H3,(H,10,12). The molecule has 0 amide bonds. The van der Waals surface area contributed by atoms with Gasteiger partial charge in [-0.15, -0.1) is 0 Å². The van der Waals surface area contributed by atoms with Crippen LogP contribution < -0.4 is 5.43 Å². The highest BCUT2D eigenvalue weighted by atomic mass is 19.3. The van der Waals surface area contributed by atoms with Gasteiger partial charge >= 0.3 is 5.82 Å². The third kappa shape index (κ3) is 1.76. The monoisotopic (exact) mass is 204 g/mol. The van der Waals surface area contributed by atoms with Gasteiger partial charge in [-0.05, 0) is 11.8 Å². The zero-order chi connectivity index (χ0) is 10.9. The molecule has 0 aliphatic rings. The van der Waals surface area contributed by atoms with E-state index in [0.717, 1.165) is 0 Å². The molecule has 1 aromatic heterocycles. The van der Waals surface area contributed by atoms with E-state index in [0.29, 0.717) is 6.07 Å². The lowest BCUT2D eigenvalue weighted by Gasteiger charge is -2.00. The molecule has 1 rings (SSSR count). The Labute approximate surface area is 76.5 Å². The third-order valence-corrected chi connectivity index (χ3v) is 1.69. The highest BCUT2D eigenvalue weighted by Gasteiger charge is 2.19. The zero-order valence-electron chi connectivity index (χ0n) is 7.08. The van der Waals surface area contributed by atoms with Crippen LogP contribution in [0.1, 0.15) is 17.7 Å². The number of nitro groups is 1. The molecule has 1 aromatic rings. The summed E-state index contributed by atoms with van der Waals surface area (Å²) >= 11 is 0. The molecule has 5 nitrogen and oxygen atoms in total. The Morgan fingerprint density at radius 3 is 2.57 bits per heavy atom. The van der Waals surface area contributed by atoms with E-state index in [1.54, 1.807) is 0 Å². The van der Waals surface area contributed by atoms with Crippen molar-refractivity contribution in [3.05, 3.63) is 37.7 Å². The van der Waals surface area contributed by atoms with Gasteiger partial charge in [0.2, 0.25) is 0 Å². The van der Waals surface area contributed by atoms with Gasteiger partial charge in [-0.1, -0.05) is 0 Å². The maximum Gasteiger partial charge on any atom is 0.327 e. The molecule has 0 saturated heterocycles. The Morgan fingerprint density at radius 1 is 1.57 bits per heavy atom. The van der Waals surface area contributed by atoms with E-state index in [2.05, 4.69) is 0 Å². The minimum absolute atomic E-state index is 0.181. The molecule has 1 heterocycles. The number of aromatic amines is 1. The molecule has 0 bridgehead atoms. The van der Waals surface area contributed by atoms with Crippen molar-refractivity contribution < 1.29 is 13.7 Å². The number of nitrogens with zero attached hydrogens (tertiary/aromatic N) is 1. The topological polar surface area (TPSA) is 76.0 Å². The number of hydrogen-bond acceptors (Lipinski definition) is 3. The Morgan fingerprint density at radius 2 is 2.14 bits per heavy atom. The highest BCUT2D eigenvalue weighted by molar-refractivity contribution is 5.32. The molecule has 0 aromatic carbocycles. The van der Waals surface area contributed by atoms with Gasteiger partial charge in [0.15, 0.2) is 11.1 Å². The molecule has 0 spiro atoms. The Kier molecular flexibility index (Phi) is 2.59. The fourth-order valence-corrected chi connectivity index (χ4v) is 0.933. The minimum Gasteiger partial charge on any atom is -0.358 e. The van der Waals surface area contributed by atoms with Crippen LogP contribution >= 0.6 is 0 Å². The molecule has 14 heavy (non-hydrogen) atoms. The van der Waals surface area contributed by atoms with Crippen molar-refractivity contribution in [1.29, 1.82) is 0 Å². The van der Waals surface area contributed by atoms with Gasteiger partial charge in [-0.2, -0.15) is 0 Å². The Hall–Kier alpha value is -1.79. The molecule has 1 N–H and O–H groups in total. The summed E-state index contributed by atoms with van der Waals surface area (Å²) in [6.07, 6.45) is -2.93. The predicted molar refractivity (Wildman–Crippen MR) is 43.4 cm³/mol. The van der Waals surface area contributed by atoms with Crippen LogP contribution in [0.5, 0.6) is 0 Å². The summed E-state index contributed by atoms with van der Waals surface area (Å²) < 4.78 is 24.3. The predicted octanol–water partition coefficient (Wildman–Crippen LogP) is 1.53. The maximum absolute atomic E-state index is 12.1. The smallest absolute Gasteiger partial charge is 0.327 e. The summed E-state index contributed by atoms with van der Waals surface area (Å²) in [5.41, 5.74) is -1.70. The van der Waals surface area contributed by atoms with Crippen LogP contribution in [-0.4, -0.2) is 9.91 Å². The second kappa shape index (κ2) is 3.52. The molecular formula is C7H6F2N2O3. The van der Waals surface area contributed by atoms with E-state index < -0.39 is 28.3 Å². The van der Waals surface area contributed by atoms with Gasteiger partial charge in [-0.25, -0.2) is 13.8 Å². The van der Waals surface area contributed by atoms with E-state index in [4.69, 9.17) is 0 Å². The van der Waals surface area contributed by atoms with Crippen molar-refractivity contribution in [3.8, 4) is 0 Å². The summed E-state index contributed by atoms with van der Waals surface area (Å²) in [4.78, 5) is 22.4. The SMILES string of the molecule is Cc1c([N+](=O)[O-])[nH]c(C(F)F)cc1=O. The summed E-state index contributed by atoms with van der Waals surface area (Å²) in [5.74, 6) is -0.687. The lowest BCUT2D eigenvalue weighted by atomic mass is 10.2. The first kappa shape index (κ1) is 10.3. The highest BCUT2D eigenvalue weighted by Crippen LogP contribution is 2.18. The molecule has 0 unspecified atom stereocenters. The summed E-state index contributed by atoms with van der Waals surface area (Å²) in [6.45, 7) is 1.20. The van der Waals surface area contributed by atoms with Crippen LogP contribution in [0, 0.1) is 17.0 Å². The third-order valence-electron chi connectivity index (χ3n) is 1.69. The second-order valence-corrected chi connectivity index (χ2v) is 2.62. The molecule has 0 radical (unpaired) electrons. The van der Waals surface area contributed by atoms with Gasteiger partial charge in [0.05, 0.1) is 5.56 Å². The van der Waals surface area contributed by atoms with Crippen LogP contribution in [0.3, 0.4) is 0 Å². The average molecular weight is 204 g/mol.